The number of nitrogens with zero attached hydrogens (tertiary/aromatic N) is 3. The predicted octanol–water partition coefficient (Wildman–Crippen LogP) is 2.45. The normalized spacial score (nSPS) is 14.3. The van der Waals surface area contributed by atoms with Gasteiger partial charge in [0, 0.05) is 25.7 Å². The molecule has 1 saturated heterocycles. The van der Waals surface area contributed by atoms with Gasteiger partial charge in [-0.15, -0.1) is 0 Å². The molecule has 138 valence electrons. The Morgan fingerprint density at radius 1 is 1.08 bits per heavy atom. The maximum Gasteiger partial charge on any atom is 0.272 e. The summed E-state index contributed by atoms with van der Waals surface area (Å²) in [5.74, 6) is -0.343. The van der Waals surface area contributed by atoms with E-state index in [0.29, 0.717) is 5.69 Å². The monoisotopic (exact) mass is 354 g/mol. The zero-order chi connectivity index (χ0) is 18.7. The standard InChI is InChI=1S/C20H26N4O2/c1-14-7-8-16(11-15(14)2)18-12-17(22-23(18)3)20(26)21-13-19(25)24-9-5-4-6-10-24/h7-8,11-12H,4-6,9-10,13H2,1-3H3,(H,21,26). The van der Waals surface area contributed by atoms with Crippen LogP contribution in [0.4, 0.5) is 0 Å². The molecule has 1 aliphatic heterocycles. The fourth-order valence-corrected chi connectivity index (χ4v) is 3.25. The summed E-state index contributed by atoms with van der Waals surface area (Å²) in [6.45, 7) is 5.73. The maximum absolute atomic E-state index is 12.4. The van der Waals surface area contributed by atoms with Gasteiger partial charge in [0.05, 0.1) is 12.2 Å². The van der Waals surface area contributed by atoms with Crippen molar-refractivity contribution in [2.45, 2.75) is 33.1 Å². The summed E-state index contributed by atoms with van der Waals surface area (Å²) in [7, 11) is 1.82. The molecule has 2 amide bonds. The van der Waals surface area contributed by atoms with Crippen molar-refractivity contribution in [1.82, 2.24) is 20.0 Å². The molecule has 1 aliphatic rings. The minimum atomic E-state index is -0.318. The number of carbonyl (C=O) groups excluding carboxylic acids is 2. The van der Waals surface area contributed by atoms with Crippen molar-refractivity contribution < 1.29 is 9.59 Å². The average Bonchev–Trinajstić information content (AvgIpc) is 3.04. The van der Waals surface area contributed by atoms with Gasteiger partial charge in [0.15, 0.2) is 5.69 Å². The van der Waals surface area contributed by atoms with E-state index in [2.05, 4.69) is 36.4 Å². The van der Waals surface area contributed by atoms with Crippen LogP contribution < -0.4 is 5.32 Å². The Bertz CT molecular complexity index is 819. The van der Waals surface area contributed by atoms with Gasteiger partial charge in [-0.25, -0.2) is 0 Å². The summed E-state index contributed by atoms with van der Waals surface area (Å²) < 4.78 is 1.70. The van der Waals surface area contributed by atoms with Gasteiger partial charge in [0.1, 0.15) is 0 Å². The van der Waals surface area contributed by atoms with Crippen LogP contribution in [0.3, 0.4) is 0 Å². The number of hydrogen-bond donors (Lipinski definition) is 1. The second kappa shape index (κ2) is 7.72. The fraction of sp³-hybridized carbons (Fsp3) is 0.450. The van der Waals surface area contributed by atoms with Gasteiger partial charge in [-0.1, -0.05) is 12.1 Å². The van der Waals surface area contributed by atoms with Gasteiger partial charge in [-0.3, -0.25) is 14.3 Å². The highest BCUT2D eigenvalue weighted by atomic mass is 16.2. The topological polar surface area (TPSA) is 67.2 Å². The second-order valence-electron chi connectivity index (χ2n) is 6.96. The third-order valence-corrected chi connectivity index (χ3v) is 5.02. The van der Waals surface area contributed by atoms with Crippen molar-refractivity contribution in [3.05, 3.63) is 41.1 Å². The number of aromatic nitrogens is 2. The van der Waals surface area contributed by atoms with E-state index in [1.54, 1.807) is 10.7 Å². The molecule has 6 heteroatoms. The zero-order valence-electron chi connectivity index (χ0n) is 15.7. The van der Waals surface area contributed by atoms with Crippen LogP contribution in [0.2, 0.25) is 0 Å². The van der Waals surface area contributed by atoms with Crippen molar-refractivity contribution >= 4 is 11.8 Å². The van der Waals surface area contributed by atoms with E-state index in [9.17, 15) is 9.59 Å². The van der Waals surface area contributed by atoms with E-state index < -0.39 is 0 Å². The van der Waals surface area contributed by atoms with Gasteiger partial charge in [-0.05, 0) is 56.4 Å². The molecule has 0 atom stereocenters. The van der Waals surface area contributed by atoms with Crippen LogP contribution in [0.25, 0.3) is 11.3 Å². The summed E-state index contributed by atoms with van der Waals surface area (Å²) in [6.07, 6.45) is 3.25. The third-order valence-electron chi connectivity index (χ3n) is 5.02. The molecule has 2 heterocycles. The first-order valence-corrected chi connectivity index (χ1v) is 9.13. The summed E-state index contributed by atoms with van der Waals surface area (Å²) >= 11 is 0. The Labute approximate surface area is 154 Å². The largest absolute Gasteiger partial charge is 0.342 e. The van der Waals surface area contributed by atoms with E-state index in [4.69, 9.17) is 0 Å². The molecule has 1 aromatic heterocycles. The Kier molecular flexibility index (Phi) is 5.40. The lowest BCUT2D eigenvalue weighted by molar-refractivity contribution is -0.130. The van der Waals surface area contributed by atoms with Crippen LogP contribution in [-0.4, -0.2) is 46.1 Å². The number of benzene rings is 1. The number of carbonyl (C=O) groups is 2. The number of hydrogen-bond acceptors (Lipinski definition) is 3. The van der Waals surface area contributed by atoms with E-state index >= 15 is 0 Å². The fourth-order valence-electron chi connectivity index (χ4n) is 3.25. The zero-order valence-corrected chi connectivity index (χ0v) is 15.7. The van der Waals surface area contributed by atoms with Crippen LogP contribution in [0.1, 0.15) is 40.9 Å². The van der Waals surface area contributed by atoms with E-state index in [-0.39, 0.29) is 18.4 Å². The molecule has 0 aliphatic carbocycles. The van der Waals surface area contributed by atoms with Crippen molar-refractivity contribution in [3.63, 3.8) is 0 Å². The summed E-state index contributed by atoms with van der Waals surface area (Å²) in [4.78, 5) is 26.4. The molecule has 1 N–H and O–H groups in total. The molecule has 2 aromatic rings. The first kappa shape index (κ1) is 18.2. The molecule has 0 saturated carbocycles. The number of rotatable bonds is 4. The van der Waals surface area contributed by atoms with Crippen molar-refractivity contribution in [3.8, 4) is 11.3 Å². The van der Waals surface area contributed by atoms with Gasteiger partial charge < -0.3 is 10.2 Å². The molecular weight excluding hydrogens is 328 g/mol. The molecule has 0 unspecified atom stereocenters. The minimum absolute atomic E-state index is 0.0222. The molecule has 0 spiro atoms. The highest BCUT2D eigenvalue weighted by molar-refractivity contribution is 5.95. The van der Waals surface area contributed by atoms with Crippen LogP contribution in [0.5, 0.6) is 0 Å². The lowest BCUT2D eigenvalue weighted by Crippen LogP contribution is -2.42. The Balaban J connectivity index is 1.66. The highest BCUT2D eigenvalue weighted by Crippen LogP contribution is 2.22. The van der Waals surface area contributed by atoms with Crippen LogP contribution >= 0.6 is 0 Å². The molecule has 0 bridgehead atoms. The quantitative estimate of drug-likeness (QED) is 0.917. The predicted molar refractivity (Wildman–Crippen MR) is 101 cm³/mol. The van der Waals surface area contributed by atoms with Crippen LogP contribution in [-0.2, 0) is 11.8 Å². The van der Waals surface area contributed by atoms with Gasteiger partial charge in [0.25, 0.3) is 5.91 Å². The molecule has 1 aromatic carbocycles. The Hall–Kier alpha value is -2.63. The number of likely N-dealkylation sites (tertiary alicyclic amines) is 1. The molecule has 0 radical (unpaired) electrons. The lowest BCUT2D eigenvalue weighted by Gasteiger charge is -2.26. The van der Waals surface area contributed by atoms with Crippen molar-refractivity contribution in [1.29, 1.82) is 0 Å². The molecule has 26 heavy (non-hydrogen) atoms. The second-order valence-corrected chi connectivity index (χ2v) is 6.96. The Morgan fingerprint density at radius 2 is 1.81 bits per heavy atom. The van der Waals surface area contributed by atoms with E-state index in [1.807, 2.05) is 18.0 Å². The van der Waals surface area contributed by atoms with Crippen molar-refractivity contribution in [2.75, 3.05) is 19.6 Å². The van der Waals surface area contributed by atoms with Crippen LogP contribution in [0, 0.1) is 13.8 Å². The molecule has 3 rings (SSSR count). The van der Waals surface area contributed by atoms with Gasteiger partial charge in [-0.2, -0.15) is 5.10 Å². The number of piperidine rings is 1. The van der Waals surface area contributed by atoms with Crippen molar-refractivity contribution in [2.24, 2.45) is 7.05 Å². The minimum Gasteiger partial charge on any atom is -0.342 e. The van der Waals surface area contributed by atoms with E-state index in [0.717, 1.165) is 37.2 Å². The number of nitrogens with one attached hydrogen (secondary N) is 1. The molecule has 6 nitrogen and oxygen atoms in total. The number of amides is 2. The summed E-state index contributed by atoms with van der Waals surface area (Å²) in [5.41, 5.74) is 4.64. The van der Waals surface area contributed by atoms with Gasteiger partial charge >= 0.3 is 0 Å². The van der Waals surface area contributed by atoms with Crippen LogP contribution in [0.15, 0.2) is 24.3 Å². The maximum atomic E-state index is 12.4. The SMILES string of the molecule is Cc1ccc(-c2cc(C(=O)NCC(=O)N3CCCCC3)nn2C)cc1C. The summed E-state index contributed by atoms with van der Waals surface area (Å²) in [6, 6.07) is 7.95. The molecular formula is C20H26N4O2. The smallest absolute Gasteiger partial charge is 0.272 e. The first-order chi connectivity index (χ1) is 12.5. The lowest BCUT2D eigenvalue weighted by atomic mass is 10.0. The van der Waals surface area contributed by atoms with E-state index in [1.165, 1.54) is 17.5 Å². The third kappa shape index (κ3) is 3.95. The van der Waals surface area contributed by atoms with Gasteiger partial charge in [0.2, 0.25) is 5.91 Å². The Morgan fingerprint density at radius 3 is 2.50 bits per heavy atom. The summed E-state index contributed by atoms with van der Waals surface area (Å²) in [5, 5.41) is 7.01. The first-order valence-electron chi connectivity index (χ1n) is 9.13. The molecule has 1 fully saturated rings. The highest BCUT2D eigenvalue weighted by Gasteiger charge is 2.19. The average molecular weight is 354 g/mol. The number of aryl methyl sites for hydroxylation is 3.